The van der Waals surface area contributed by atoms with Crippen LogP contribution >= 0.6 is 0 Å². The van der Waals surface area contributed by atoms with Crippen LogP contribution in [-0.2, 0) is 0 Å². The number of benzene rings is 1. The number of Topliss-reactive ketones (excluding diaryl/α,β-unsaturated/α-hetero) is 1. The van der Waals surface area contributed by atoms with Crippen molar-refractivity contribution in [2.75, 3.05) is 18.4 Å². The minimum atomic E-state index is -0.600. The maximum atomic E-state index is 13.5. The Morgan fingerprint density at radius 3 is 2.40 bits per heavy atom. The number of ketones is 1. The summed E-state index contributed by atoms with van der Waals surface area (Å²) in [6, 6.07) is 6.46. The molecule has 0 aliphatic carbocycles. The van der Waals surface area contributed by atoms with E-state index in [0.717, 1.165) is 6.20 Å². The lowest BCUT2D eigenvalue weighted by Gasteiger charge is -2.31. The van der Waals surface area contributed by atoms with Gasteiger partial charge in [0.2, 0.25) is 0 Å². The number of piperidine rings is 1. The van der Waals surface area contributed by atoms with Gasteiger partial charge in [-0.05, 0) is 43.2 Å². The molecule has 0 saturated carbocycles. The molecule has 1 aliphatic heterocycles. The zero-order valence-corrected chi connectivity index (χ0v) is 13.4. The van der Waals surface area contributed by atoms with E-state index in [1.54, 1.807) is 4.90 Å². The van der Waals surface area contributed by atoms with Crippen molar-refractivity contribution in [2.24, 2.45) is 5.92 Å². The molecular formula is C18H17F2N3O2. The highest BCUT2D eigenvalue weighted by atomic mass is 19.1. The van der Waals surface area contributed by atoms with Crippen molar-refractivity contribution in [1.29, 1.82) is 0 Å². The highest BCUT2D eigenvalue weighted by molar-refractivity contribution is 5.98. The number of anilines is 1. The van der Waals surface area contributed by atoms with Gasteiger partial charge < -0.3 is 10.2 Å². The lowest BCUT2D eigenvalue weighted by molar-refractivity contribution is 0.0859. The molecular weight excluding hydrogens is 328 g/mol. The Morgan fingerprint density at radius 2 is 1.76 bits per heavy atom. The second-order valence-electron chi connectivity index (χ2n) is 5.92. The van der Waals surface area contributed by atoms with E-state index in [4.69, 9.17) is 0 Å². The number of hydrogen-bond acceptors (Lipinski definition) is 3. The molecule has 0 atom stereocenters. The van der Waals surface area contributed by atoms with E-state index in [-0.39, 0.29) is 23.2 Å². The van der Waals surface area contributed by atoms with Crippen molar-refractivity contribution >= 4 is 17.5 Å². The number of rotatable bonds is 3. The number of likely N-dealkylation sites (tertiary alicyclic amines) is 1. The summed E-state index contributed by atoms with van der Waals surface area (Å²) in [6.07, 6.45) is 3.46. The van der Waals surface area contributed by atoms with Gasteiger partial charge in [-0.2, -0.15) is 0 Å². The minimum absolute atomic E-state index is 0.0414. The van der Waals surface area contributed by atoms with Gasteiger partial charge in [-0.15, -0.1) is 0 Å². The maximum Gasteiger partial charge on any atom is 0.321 e. The number of nitrogens with one attached hydrogen (secondary N) is 1. The molecule has 1 fully saturated rings. The van der Waals surface area contributed by atoms with Gasteiger partial charge in [0.15, 0.2) is 11.6 Å². The lowest BCUT2D eigenvalue weighted by atomic mass is 9.89. The third-order valence-corrected chi connectivity index (χ3v) is 4.30. The number of amides is 2. The summed E-state index contributed by atoms with van der Waals surface area (Å²) < 4.78 is 26.5. The molecule has 0 spiro atoms. The number of hydrogen-bond donors (Lipinski definition) is 1. The highest BCUT2D eigenvalue weighted by Crippen LogP contribution is 2.23. The third-order valence-electron chi connectivity index (χ3n) is 4.30. The van der Waals surface area contributed by atoms with Crippen LogP contribution in [0.4, 0.5) is 19.3 Å². The SMILES string of the molecule is O=C(c1ccc(F)cc1)C1CCN(C(=O)Nc2ccncc2F)CC1. The Labute approximate surface area is 143 Å². The molecule has 1 aromatic heterocycles. The molecule has 130 valence electrons. The summed E-state index contributed by atoms with van der Waals surface area (Å²) in [6.45, 7) is 0.798. The smallest absolute Gasteiger partial charge is 0.321 e. The molecule has 1 N–H and O–H groups in total. The van der Waals surface area contributed by atoms with Crippen LogP contribution in [0.15, 0.2) is 42.7 Å². The number of pyridine rings is 1. The van der Waals surface area contributed by atoms with Gasteiger partial charge in [0.1, 0.15) is 5.82 Å². The summed E-state index contributed by atoms with van der Waals surface area (Å²) in [5.41, 5.74) is 0.549. The van der Waals surface area contributed by atoms with E-state index in [2.05, 4.69) is 10.3 Å². The summed E-state index contributed by atoms with van der Waals surface area (Å²) >= 11 is 0. The van der Waals surface area contributed by atoms with E-state index >= 15 is 0 Å². The molecule has 1 saturated heterocycles. The predicted molar refractivity (Wildman–Crippen MR) is 88.2 cm³/mol. The summed E-state index contributed by atoms with van der Waals surface area (Å²) in [7, 11) is 0. The molecule has 25 heavy (non-hydrogen) atoms. The second kappa shape index (κ2) is 7.38. The molecule has 1 aliphatic rings. The van der Waals surface area contributed by atoms with Crippen LogP contribution in [0.2, 0.25) is 0 Å². The van der Waals surface area contributed by atoms with E-state index < -0.39 is 11.8 Å². The zero-order valence-electron chi connectivity index (χ0n) is 13.4. The quantitative estimate of drug-likeness (QED) is 0.866. The molecule has 3 rings (SSSR count). The van der Waals surface area contributed by atoms with E-state index in [1.807, 2.05) is 0 Å². The third kappa shape index (κ3) is 3.99. The van der Waals surface area contributed by atoms with Gasteiger partial charge in [-0.3, -0.25) is 9.78 Å². The molecule has 0 radical (unpaired) electrons. The molecule has 0 unspecified atom stereocenters. The van der Waals surface area contributed by atoms with Gasteiger partial charge in [-0.25, -0.2) is 13.6 Å². The molecule has 2 aromatic rings. The van der Waals surface area contributed by atoms with Crippen molar-refractivity contribution in [3.05, 3.63) is 59.9 Å². The highest BCUT2D eigenvalue weighted by Gasteiger charge is 2.28. The van der Waals surface area contributed by atoms with Crippen LogP contribution < -0.4 is 5.32 Å². The molecule has 2 heterocycles. The number of nitrogens with zero attached hydrogens (tertiary/aromatic N) is 2. The number of carbonyl (C=O) groups excluding carboxylic acids is 2. The number of halogens is 2. The fourth-order valence-corrected chi connectivity index (χ4v) is 2.87. The Hall–Kier alpha value is -2.83. The van der Waals surface area contributed by atoms with Gasteiger partial charge in [-0.1, -0.05) is 0 Å². The van der Waals surface area contributed by atoms with Crippen LogP contribution in [0.25, 0.3) is 0 Å². The van der Waals surface area contributed by atoms with Crippen molar-refractivity contribution in [3.8, 4) is 0 Å². The van der Waals surface area contributed by atoms with Gasteiger partial charge in [0.25, 0.3) is 0 Å². The average molecular weight is 345 g/mol. The van der Waals surface area contributed by atoms with Crippen molar-refractivity contribution in [1.82, 2.24) is 9.88 Å². The first-order valence-corrected chi connectivity index (χ1v) is 8.00. The van der Waals surface area contributed by atoms with Crippen LogP contribution in [-0.4, -0.2) is 34.8 Å². The summed E-state index contributed by atoms with van der Waals surface area (Å²) in [5.74, 6) is -1.23. The summed E-state index contributed by atoms with van der Waals surface area (Å²) in [4.78, 5) is 29.8. The Bertz CT molecular complexity index is 772. The fourth-order valence-electron chi connectivity index (χ4n) is 2.87. The van der Waals surface area contributed by atoms with Crippen LogP contribution in [0.3, 0.4) is 0 Å². The average Bonchev–Trinajstić information content (AvgIpc) is 2.64. The van der Waals surface area contributed by atoms with Crippen molar-refractivity contribution in [3.63, 3.8) is 0 Å². The normalized spacial score (nSPS) is 15.0. The first-order chi connectivity index (χ1) is 12.0. The fraction of sp³-hybridized carbons (Fsp3) is 0.278. The molecule has 7 heteroatoms. The standard InChI is InChI=1S/C18H17F2N3O2/c19-14-3-1-12(2-4-14)17(24)13-6-9-23(10-7-13)18(25)22-16-5-8-21-11-15(16)20/h1-5,8,11,13H,6-7,9-10H2,(H,21,22,25). The largest absolute Gasteiger partial charge is 0.324 e. The van der Waals surface area contributed by atoms with E-state index in [1.165, 1.54) is 36.5 Å². The molecule has 0 bridgehead atoms. The summed E-state index contributed by atoms with van der Waals surface area (Å²) in [5, 5.41) is 2.51. The maximum absolute atomic E-state index is 13.5. The van der Waals surface area contributed by atoms with Crippen LogP contribution in [0.1, 0.15) is 23.2 Å². The van der Waals surface area contributed by atoms with Gasteiger partial charge in [0, 0.05) is 30.8 Å². The van der Waals surface area contributed by atoms with Crippen LogP contribution in [0.5, 0.6) is 0 Å². The number of carbonyl (C=O) groups is 2. The second-order valence-corrected chi connectivity index (χ2v) is 5.92. The Balaban J connectivity index is 1.56. The topological polar surface area (TPSA) is 62.3 Å². The first kappa shape index (κ1) is 17.0. The Morgan fingerprint density at radius 1 is 1.08 bits per heavy atom. The van der Waals surface area contributed by atoms with Gasteiger partial charge in [0.05, 0.1) is 11.9 Å². The Kier molecular flexibility index (Phi) is 5.02. The minimum Gasteiger partial charge on any atom is -0.324 e. The van der Waals surface area contributed by atoms with E-state index in [9.17, 15) is 18.4 Å². The molecule has 5 nitrogen and oxygen atoms in total. The zero-order chi connectivity index (χ0) is 17.8. The molecule has 2 amide bonds. The van der Waals surface area contributed by atoms with Crippen molar-refractivity contribution in [2.45, 2.75) is 12.8 Å². The van der Waals surface area contributed by atoms with Crippen molar-refractivity contribution < 1.29 is 18.4 Å². The van der Waals surface area contributed by atoms with E-state index in [0.29, 0.717) is 31.5 Å². The number of urea groups is 1. The van der Waals surface area contributed by atoms with Crippen LogP contribution in [0, 0.1) is 17.6 Å². The monoisotopic (exact) mass is 345 g/mol. The first-order valence-electron chi connectivity index (χ1n) is 8.00. The predicted octanol–water partition coefficient (Wildman–Crippen LogP) is 3.49. The lowest BCUT2D eigenvalue weighted by Crippen LogP contribution is -2.42. The number of aromatic nitrogens is 1. The van der Waals surface area contributed by atoms with Gasteiger partial charge >= 0.3 is 6.03 Å². The molecule has 1 aromatic carbocycles.